The second-order valence-electron chi connectivity index (χ2n) is 1.07. The van der Waals surface area contributed by atoms with Gasteiger partial charge < -0.3 is 0 Å². The summed E-state index contributed by atoms with van der Waals surface area (Å²) in [5.41, 5.74) is 0. The lowest BCUT2D eigenvalue weighted by atomic mass is 11.9. The van der Waals surface area contributed by atoms with Crippen molar-refractivity contribution in [1.82, 2.24) is 0 Å². The third-order valence-corrected chi connectivity index (χ3v) is 10.2. The highest BCUT2D eigenvalue weighted by atomic mass is 29.6. The first-order valence-corrected chi connectivity index (χ1v) is 8.63. The van der Waals surface area contributed by atoms with Crippen LogP contribution in [-0.4, -0.2) is 25.9 Å². The SMILES string of the molecule is C[Si][Si](F)(F)[Si]C. The van der Waals surface area contributed by atoms with Crippen LogP contribution >= 0.6 is 0 Å². The normalized spacial score (nSPS) is 12.0. The molecule has 0 saturated carbocycles. The first-order chi connectivity index (χ1) is 3.12. The molecule has 0 N–H and O–H groups in total. The van der Waals surface area contributed by atoms with Gasteiger partial charge in [0.25, 0.3) is 0 Å². The molecule has 0 aromatic heterocycles. The van der Waals surface area contributed by atoms with E-state index in [0.717, 1.165) is 0 Å². The van der Waals surface area contributed by atoms with Crippen molar-refractivity contribution >= 4 is 25.9 Å². The van der Waals surface area contributed by atoms with E-state index >= 15 is 0 Å². The summed E-state index contributed by atoms with van der Waals surface area (Å²) < 4.78 is 24.1. The number of hydrogen-bond donors (Lipinski definition) is 0. The smallest absolute Gasteiger partial charge is 0.281 e. The average Bonchev–Trinajstić information content (AvgIpc) is 1.68. The number of halogens is 2. The fourth-order valence-electron chi connectivity index (χ4n) is 0.125. The fraction of sp³-hybridized carbons (Fsp3) is 1.00. The molecule has 0 fully saturated rings. The van der Waals surface area contributed by atoms with Crippen LogP contribution in [0.2, 0.25) is 13.1 Å². The van der Waals surface area contributed by atoms with Crippen LogP contribution in [0.3, 0.4) is 0 Å². The summed E-state index contributed by atoms with van der Waals surface area (Å²) in [5.74, 6) is 0. The Morgan fingerprint density at radius 2 is 1.43 bits per heavy atom. The Morgan fingerprint density at radius 3 is 1.43 bits per heavy atom. The molecule has 0 aliphatic heterocycles. The molecule has 40 valence electrons. The van der Waals surface area contributed by atoms with Crippen LogP contribution in [0.5, 0.6) is 0 Å². The Hall–Kier alpha value is 0.511. The third kappa shape index (κ3) is 3.13. The maximum Gasteiger partial charge on any atom is 0.374 e. The van der Waals surface area contributed by atoms with Crippen LogP contribution in [0.25, 0.3) is 0 Å². The second-order valence-corrected chi connectivity index (χ2v) is 11.5. The Labute approximate surface area is 47.9 Å². The van der Waals surface area contributed by atoms with E-state index < -0.39 is 7.78 Å². The summed E-state index contributed by atoms with van der Waals surface area (Å²) in [5, 5.41) is 0. The molecule has 0 aromatic rings. The van der Waals surface area contributed by atoms with Gasteiger partial charge in [-0.05, 0) is 0 Å². The van der Waals surface area contributed by atoms with E-state index in [0.29, 0.717) is 0 Å². The van der Waals surface area contributed by atoms with Gasteiger partial charge in [0.2, 0.25) is 0 Å². The zero-order valence-corrected chi connectivity index (χ0v) is 7.26. The van der Waals surface area contributed by atoms with Crippen LogP contribution < -0.4 is 0 Å². The maximum absolute atomic E-state index is 12.0. The van der Waals surface area contributed by atoms with Crippen molar-refractivity contribution in [2.75, 3.05) is 0 Å². The van der Waals surface area contributed by atoms with Crippen molar-refractivity contribution in [1.29, 1.82) is 0 Å². The Balaban J connectivity index is 3.36. The molecule has 0 bridgehead atoms. The van der Waals surface area contributed by atoms with Gasteiger partial charge >= 0.3 is 7.78 Å². The van der Waals surface area contributed by atoms with Crippen LogP contribution in [0.1, 0.15) is 0 Å². The van der Waals surface area contributed by atoms with E-state index in [4.69, 9.17) is 0 Å². The van der Waals surface area contributed by atoms with E-state index in [1.807, 2.05) is 0 Å². The molecule has 0 heterocycles. The van der Waals surface area contributed by atoms with Gasteiger partial charge in [-0.2, -0.15) is 0 Å². The van der Waals surface area contributed by atoms with Gasteiger partial charge in [0.15, 0.2) is 0 Å². The molecular weight excluding hydrogens is 146 g/mol. The molecule has 0 rings (SSSR count). The fourth-order valence-corrected chi connectivity index (χ4v) is 3.38. The summed E-state index contributed by atoms with van der Waals surface area (Å²) in [7, 11) is -3.79. The molecule has 0 saturated heterocycles. The zero-order chi connectivity index (χ0) is 5.91. The highest BCUT2D eigenvalue weighted by Gasteiger charge is 2.29. The molecule has 0 atom stereocenters. The molecule has 0 amide bonds. The second kappa shape index (κ2) is 2.73. The topological polar surface area (TPSA) is 0 Å². The molecule has 0 nitrogen and oxygen atoms in total. The van der Waals surface area contributed by atoms with Gasteiger partial charge in [-0.1, -0.05) is 13.1 Å². The van der Waals surface area contributed by atoms with Crippen LogP contribution in [-0.2, 0) is 0 Å². The maximum atomic E-state index is 12.0. The highest BCUT2D eigenvalue weighted by Crippen LogP contribution is 2.00. The molecule has 5 heteroatoms. The van der Waals surface area contributed by atoms with Crippen molar-refractivity contribution in [2.45, 2.75) is 13.1 Å². The lowest BCUT2D eigenvalue weighted by Crippen LogP contribution is -2.36. The average molecular weight is 152 g/mol. The minimum absolute atomic E-state index is 0.0976. The highest BCUT2D eigenvalue weighted by molar-refractivity contribution is 7.43. The predicted molar refractivity (Wildman–Crippen MR) is 31.2 cm³/mol. The Kier molecular flexibility index (Phi) is 2.93. The number of rotatable bonds is 2. The largest absolute Gasteiger partial charge is 0.374 e. The zero-order valence-electron chi connectivity index (χ0n) is 4.26. The van der Waals surface area contributed by atoms with Crippen molar-refractivity contribution in [3.63, 3.8) is 0 Å². The van der Waals surface area contributed by atoms with Crippen molar-refractivity contribution < 1.29 is 8.22 Å². The van der Waals surface area contributed by atoms with Crippen molar-refractivity contribution in [3.05, 3.63) is 0 Å². The summed E-state index contributed by atoms with van der Waals surface area (Å²) in [4.78, 5) is 0. The molecule has 4 radical (unpaired) electrons. The summed E-state index contributed by atoms with van der Waals surface area (Å²) >= 11 is 0. The van der Waals surface area contributed by atoms with Gasteiger partial charge in [0, 0.05) is 0 Å². The van der Waals surface area contributed by atoms with Crippen LogP contribution in [0, 0.1) is 0 Å². The van der Waals surface area contributed by atoms with E-state index in [2.05, 4.69) is 0 Å². The number of hydrogen-bond acceptors (Lipinski definition) is 0. The lowest BCUT2D eigenvalue weighted by Gasteiger charge is -2.02. The van der Waals surface area contributed by atoms with Gasteiger partial charge in [-0.3, -0.25) is 8.22 Å². The van der Waals surface area contributed by atoms with Gasteiger partial charge in [0.1, 0.15) is 18.1 Å². The summed E-state index contributed by atoms with van der Waals surface area (Å²) in [6, 6.07) is 0. The van der Waals surface area contributed by atoms with E-state index in [9.17, 15) is 8.22 Å². The molecule has 0 aromatic carbocycles. The molecule has 0 unspecified atom stereocenters. The quantitative estimate of drug-likeness (QED) is 0.407. The van der Waals surface area contributed by atoms with E-state index in [1.54, 1.807) is 13.1 Å². The van der Waals surface area contributed by atoms with Crippen molar-refractivity contribution in [3.8, 4) is 0 Å². The minimum atomic E-state index is -3.60. The van der Waals surface area contributed by atoms with Crippen LogP contribution in [0.4, 0.5) is 8.22 Å². The summed E-state index contributed by atoms with van der Waals surface area (Å²) in [6.07, 6.45) is 0. The minimum Gasteiger partial charge on any atom is -0.281 e. The Bertz CT molecular complexity index is 48.9. The molecule has 0 aliphatic carbocycles. The lowest BCUT2D eigenvalue weighted by molar-refractivity contribution is 0.678. The predicted octanol–water partition coefficient (Wildman–Crippen LogP) is 0.866. The molecule has 0 aliphatic rings. The molecule has 7 heavy (non-hydrogen) atoms. The van der Waals surface area contributed by atoms with Gasteiger partial charge in [-0.15, -0.1) is 0 Å². The third-order valence-electron chi connectivity index (χ3n) is 0.628. The van der Waals surface area contributed by atoms with E-state index in [-0.39, 0.29) is 18.1 Å². The Morgan fingerprint density at radius 1 is 1.14 bits per heavy atom. The van der Waals surface area contributed by atoms with Crippen LogP contribution in [0.15, 0.2) is 0 Å². The van der Waals surface area contributed by atoms with Gasteiger partial charge in [-0.25, -0.2) is 0 Å². The summed E-state index contributed by atoms with van der Waals surface area (Å²) in [6.45, 7) is 3.17. The monoisotopic (exact) mass is 152 g/mol. The van der Waals surface area contributed by atoms with Gasteiger partial charge in [0.05, 0.1) is 0 Å². The standard InChI is InChI=1S/C2H6F2Si3/c1-5-7(3,4)6-2/h1-2H3. The first kappa shape index (κ1) is 7.51. The molecule has 0 spiro atoms. The van der Waals surface area contributed by atoms with E-state index in [1.165, 1.54) is 0 Å². The first-order valence-electron chi connectivity index (χ1n) is 1.88. The van der Waals surface area contributed by atoms with Crippen molar-refractivity contribution in [2.24, 2.45) is 0 Å². The molecular formula is C2H6F2Si3.